The molecule has 5 saturated heterocycles. The lowest BCUT2D eigenvalue weighted by molar-refractivity contribution is -0.283. The maximum atomic E-state index is 12.0. The first-order valence-corrected chi connectivity index (χ1v) is 11.3. The predicted octanol–water partition coefficient (Wildman–Crippen LogP) is 3.15. The van der Waals surface area contributed by atoms with Crippen molar-refractivity contribution < 1.29 is 9.84 Å². The highest BCUT2D eigenvalue weighted by atomic mass is 16.5. The largest absolute Gasteiger partial charge is 0.391 e. The molecule has 4 bridgehead atoms. The van der Waals surface area contributed by atoms with Gasteiger partial charge in [-0.25, -0.2) is 0 Å². The molecule has 2 aromatic rings. The van der Waals surface area contributed by atoms with Crippen molar-refractivity contribution in [2.75, 3.05) is 32.8 Å². The fourth-order valence-electron chi connectivity index (χ4n) is 7.31. The number of benzene rings is 2. The number of nitrogens with zero attached hydrogens (tertiary/aromatic N) is 2. The van der Waals surface area contributed by atoms with E-state index in [0.29, 0.717) is 0 Å². The summed E-state index contributed by atoms with van der Waals surface area (Å²) in [4.78, 5) is 5.44. The molecule has 30 heavy (non-hydrogen) atoms. The van der Waals surface area contributed by atoms with Crippen LogP contribution in [0.4, 0.5) is 0 Å². The first-order chi connectivity index (χ1) is 14.4. The van der Waals surface area contributed by atoms with Gasteiger partial charge in [-0.05, 0) is 25.0 Å². The molecule has 0 unspecified atom stereocenters. The van der Waals surface area contributed by atoms with Gasteiger partial charge in [0.25, 0.3) is 0 Å². The summed E-state index contributed by atoms with van der Waals surface area (Å²) in [6.07, 6.45) is 1.67. The quantitative estimate of drug-likeness (QED) is 0.834. The zero-order valence-corrected chi connectivity index (χ0v) is 18.1. The van der Waals surface area contributed by atoms with E-state index in [4.69, 9.17) is 4.74 Å². The molecule has 0 aliphatic carbocycles. The van der Waals surface area contributed by atoms with E-state index in [1.54, 1.807) is 0 Å². The lowest BCUT2D eigenvalue weighted by Gasteiger charge is -2.75. The molecule has 4 heteroatoms. The highest BCUT2D eigenvalue weighted by molar-refractivity contribution is 5.43. The van der Waals surface area contributed by atoms with E-state index in [1.807, 2.05) is 0 Å². The van der Waals surface area contributed by atoms with E-state index in [1.165, 1.54) is 11.1 Å². The van der Waals surface area contributed by atoms with Gasteiger partial charge in [0.2, 0.25) is 0 Å². The molecule has 1 N–H and O–H groups in total. The van der Waals surface area contributed by atoms with Crippen molar-refractivity contribution in [2.24, 2.45) is 0 Å². The average molecular weight is 405 g/mol. The molecular weight excluding hydrogens is 372 g/mol. The molecule has 5 fully saturated rings. The Hall–Kier alpha value is -1.72. The van der Waals surface area contributed by atoms with Crippen LogP contribution in [0.1, 0.15) is 37.8 Å². The molecule has 0 saturated carbocycles. The SMILES string of the molecule is CC1(C)CC2(CCO1)N1CC3(c4ccccc4)CN2CC(c2ccccc2)(C1)C3O. The van der Waals surface area contributed by atoms with Crippen LogP contribution in [-0.4, -0.2) is 65.1 Å². The van der Waals surface area contributed by atoms with Gasteiger partial charge in [-0.15, -0.1) is 0 Å². The third-order valence-corrected chi connectivity index (χ3v) is 8.52. The van der Waals surface area contributed by atoms with E-state index in [9.17, 15) is 5.11 Å². The highest BCUT2D eigenvalue weighted by Gasteiger charge is 2.70. The van der Waals surface area contributed by atoms with Gasteiger partial charge in [-0.3, -0.25) is 9.80 Å². The molecule has 0 atom stereocenters. The van der Waals surface area contributed by atoms with Crippen molar-refractivity contribution in [3.8, 4) is 0 Å². The summed E-state index contributed by atoms with van der Waals surface area (Å²) in [5.41, 5.74) is 1.94. The van der Waals surface area contributed by atoms with Crippen LogP contribution in [0.3, 0.4) is 0 Å². The van der Waals surface area contributed by atoms with Crippen LogP contribution >= 0.6 is 0 Å². The van der Waals surface area contributed by atoms with Gasteiger partial charge in [-0.1, -0.05) is 60.7 Å². The van der Waals surface area contributed by atoms with Crippen LogP contribution < -0.4 is 0 Å². The molecule has 2 aromatic carbocycles. The third kappa shape index (κ3) is 2.36. The lowest BCUT2D eigenvalue weighted by Crippen LogP contribution is -2.88. The van der Waals surface area contributed by atoms with Crippen LogP contribution in [0.25, 0.3) is 0 Å². The van der Waals surface area contributed by atoms with Crippen molar-refractivity contribution >= 4 is 0 Å². The van der Waals surface area contributed by atoms with Crippen molar-refractivity contribution in [1.29, 1.82) is 0 Å². The molecule has 5 aliphatic rings. The van der Waals surface area contributed by atoms with E-state index < -0.39 is 6.10 Å². The van der Waals surface area contributed by atoms with Gasteiger partial charge in [0.15, 0.2) is 0 Å². The average Bonchev–Trinajstić information content (AvgIpc) is 2.74. The van der Waals surface area contributed by atoms with Crippen LogP contribution in [-0.2, 0) is 15.6 Å². The maximum Gasteiger partial charge on any atom is 0.0788 e. The molecule has 0 aromatic heterocycles. The zero-order chi connectivity index (χ0) is 20.6. The number of aliphatic hydroxyl groups excluding tert-OH is 1. The van der Waals surface area contributed by atoms with E-state index >= 15 is 0 Å². The first-order valence-electron chi connectivity index (χ1n) is 11.3. The topological polar surface area (TPSA) is 35.9 Å². The predicted molar refractivity (Wildman–Crippen MR) is 117 cm³/mol. The van der Waals surface area contributed by atoms with E-state index in [0.717, 1.165) is 45.6 Å². The molecular formula is C26H32N2O2. The monoisotopic (exact) mass is 404 g/mol. The first kappa shape index (κ1) is 19.0. The number of hydrogen-bond donors (Lipinski definition) is 1. The Morgan fingerprint density at radius 3 is 1.70 bits per heavy atom. The van der Waals surface area contributed by atoms with Crippen molar-refractivity contribution in [2.45, 2.75) is 54.9 Å². The molecule has 0 radical (unpaired) electrons. The number of hydrogen-bond acceptors (Lipinski definition) is 4. The summed E-state index contributed by atoms with van der Waals surface area (Å²) < 4.78 is 6.13. The van der Waals surface area contributed by atoms with Gasteiger partial charge < -0.3 is 9.84 Å². The Morgan fingerprint density at radius 2 is 1.27 bits per heavy atom. The van der Waals surface area contributed by atoms with E-state index in [2.05, 4.69) is 84.3 Å². The minimum atomic E-state index is -0.396. The zero-order valence-electron chi connectivity index (χ0n) is 18.1. The molecule has 1 spiro atoms. The fraction of sp³-hybridized carbons (Fsp3) is 0.538. The normalized spacial score (nSPS) is 43.8. The summed E-state index contributed by atoms with van der Waals surface area (Å²) in [7, 11) is 0. The minimum absolute atomic E-state index is 0.0401. The molecule has 0 amide bonds. The van der Waals surface area contributed by atoms with Gasteiger partial charge in [0.1, 0.15) is 0 Å². The molecule has 4 nitrogen and oxygen atoms in total. The fourth-order valence-corrected chi connectivity index (χ4v) is 7.31. The Kier molecular flexibility index (Phi) is 3.91. The Balaban J connectivity index is 1.52. The summed E-state index contributed by atoms with van der Waals surface area (Å²) in [5.74, 6) is 0. The van der Waals surface area contributed by atoms with Crippen molar-refractivity contribution in [3.63, 3.8) is 0 Å². The molecule has 5 heterocycles. The summed E-state index contributed by atoms with van der Waals surface area (Å²) >= 11 is 0. The van der Waals surface area contributed by atoms with Crippen molar-refractivity contribution in [1.82, 2.24) is 9.80 Å². The second kappa shape index (κ2) is 6.17. The minimum Gasteiger partial charge on any atom is -0.391 e. The Bertz CT molecular complexity index is 867. The van der Waals surface area contributed by atoms with Crippen LogP contribution in [0, 0.1) is 0 Å². The summed E-state index contributed by atoms with van der Waals surface area (Å²) in [6, 6.07) is 21.5. The summed E-state index contributed by atoms with van der Waals surface area (Å²) in [6.45, 7) is 8.93. The highest BCUT2D eigenvalue weighted by Crippen LogP contribution is 2.58. The third-order valence-electron chi connectivity index (χ3n) is 8.52. The van der Waals surface area contributed by atoms with E-state index in [-0.39, 0.29) is 22.1 Å². The van der Waals surface area contributed by atoms with Crippen LogP contribution in [0.15, 0.2) is 60.7 Å². The van der Waals surface area contributed by atoms with Gasteiger partial charge >= 0.3 is 0 Å². The maximum absolute atomic E-state index is 12.0. The number of ether oxygens (including phenoxy) is 1. The van der Waals surface area contributed by atoms with Gasteiger partial charge in [0.05, 0.1) is 24.0 Å². The molecule has 158 valence electrons. The second-order valence-electron chi connectivity index (χ2n) is 10.7. The second-order valence-corrected chi connectivity index (χ2v) is 10.7. The number of piperidine rings is 2. The lowest BCUT2D eigenvalue weighted by atomic mass is 9.53. The number of rotatable bonds is 2. The Morgan fingerprint density at radius 1 is 0.800 bits per heavy atom. The smallest absolute Gasteiger partial charge is 0.0788 e. The van der Waals surface area contributed by atoms with Gasteiger partial charge in [-0.2, -0.15) is 0 Å². The van der Waals surface area contributed by atoms with Crippen LogP contribution in [0.2, 0.25) is 0 Å². The van der Waals surface area contributed by atoms with Gasteiger partial charge in [0, 0.05) is 49.9 Å². The number of aliphatic hydroxyl groups is 1. The van der Waals surface area contributed by atoms with Crippen molar-refractivity contribution in [3.05, 3.63) is 71.8 Å². The van der Waals surface area contributed by atoms with Crippen LogP contribution in [0.5, 0.6) is 0 Å². The summed E-state index contributed by atoms with van der Waals surface area (Å²) in [5, 5.41) is 12.0. The Labute approximate surface area is 179 Å². The molecule has 5 aliphatic heterocycles. The molecule has 7 rings (SSSR count). The standard InChI is InChI=1S/C26H32N2O2/c1-23(2)15-26(13-14-30-23)27-16-24(20-9-5-3-6-10-20)17-28(26)19-25(18-27,22(24)29)21-11-7-4-8-12-21/h3-12,22,29H,13-19H2,1-2H3.